The monoisotopic (exact) mass is 160 g/mol. The minimum Gasteiger partial charge on any atom is -0.277 e. The van der Waals surface area contributed by atoms with Gasteiger partial charge in [-0.2, -0.15) is 0 Å². The lowest BCUT2D eigenvalue weighted by molar-refractivity contribution is 0.632. The van der Waals surface area contributed by atoms with Crippen molar-refractivity contribution in [1.82, 2.24) is 15.0 Å². The predicted molar refractivity (Wildman–Crippen MR) is 47.1 cm³/mol. The Morgan fingerprint density at radius 2 is 2.25 bits per heavy atom. The highest BCUT2D eigenvalue weighted by Gasteiger charge is 1.99. The Kier molecular flexibility index (Phi) is 1.59. The van der Waals surface area contributed by atoms with E-state index in [0.29, 0.717) is 6.67 Å². The van der Waals surface area contributed by atoms with Gasteiger partial charge in [0.05, 0.1) is 5.52 Å². The summed E-state index contributed by atoms with van der Waals surface area (Å²) in [7, 11) is 0. The highest BCUT2D eigenvalue weighted by Crippen LogP contribution is 2.08. The zero-order valence-electron chi connectivity index (χ0n) is 6.51. The van der Waals surface area contributed by atoms with Crippen molar-refractivity contribution in [3.63, 3.8) is 0 Å². The predicted octanol–water partition coefficient (Wildman–Crippen LogP) is 1.09. The van der Waals surface area contributed by atoms with Gasteiger partial charge in [0.1, 0.15) is 12.2 Å². The van der Waals surface area contributed by atoms with Crippen LogP contribution >= 0.6 is 0 Å². The number of benzene rings is 1. The SMILES string of the molecule is C=NCn1nnc2ccccc21. The molecule has 0 aliphatic carbocycles. The van der Waals surface area contributed by atoms with Gasteiger partial charge in [0.15, 0.2) is 0 Å². The average Bonchev–Trinajstić information content (AvgIpc) is 2.50. The standard InChI is InChI=1S/C8H8N4/c1-9-6-12-8-5-3-2-4-7(8)10-11-12/h2-5H,1,6H2. The third-order valence-corrected chi connectivity index (χ3v) is 1.65. The Hall–Kier alpha value is -1.71. The molecule has 4 heteroatoms. The molecule has 0 spiro atoms. The van der Waals surface area contributed by atoms with Crippen molar-refractivity contribution < 1.29 is 0 Å². The van der Waals surface area contributed by atoms with E-state index in [2.05, 4.69) is 22.0 Å². The minimum atomic E-state index is 0.459. The Morgan fingerprint density at radius 1 is 1.42 bits per heavy atom. The van der Waals surface area contributed by atoms with Gasteiger partial charge in [0.25, 0.3) is 0 Å². The van der Waals surface area contributed by atoms with E-state index in [-0.39, 0.29) is 0 Å². The van der Waals surface area contributed by atoms with Crippen LogP contribution in [-0.2, 0) is 6.67 Å². The highest BCUT2D eigenvalue weighted by molar-refractivity contribution is 5.73. The van der Waals surface area contributed by atoms with Crippen LogP contribution in [0.15, 0.2) is 29.3 Å². The van der Waals surface area contributed by atoms with Crippen LogP contribution in [0.2, 0.25) is 0 Å². The lowest BCUT2D eigenvalue weighted by atomic mass is 10.3. The fourth-order valence-corrected chi connectivity index (χ4v) is 1.12. The fourth-order valence-electron chi connectivity index (χ4n) is 1.12. The van der Waals surface area contributed by atoms with E-state index >= 15 is 0 Å². The Morgan fingerprint density at radius 3 is 3.08 bits per heavy atom. The van der Waals surface area contributed by atoms with Crippen LogP contribution in [0.25, 0.3) is 11.0 Å². The minimum absolute atomic E-state index is 0.459. The van der Waals surface area contributed by atoms with Gasteiger partial charge >= 0.3 is 0 Å². The molecule has 0 N–H and O–H groups in total. The summed E-state index contributed by atoms with van der Waals surface area (Å²) in [5.74, 6) is 0. The number of hydrogen-bond donors (Lipinski definition) is 0. The Bertz CT molecular complexity index is 404. The summed E-state index contributed by atoms with van der Waals surface area (Å²) in [5, 5.41) is 7.88. The van der Waals surface area contributed by atoms with E-state index in [1.54, 1.807) is 4.68 Å². The van der Waals surface area contributed by atoms with Gasteiger partial charge in [-0.05, 0) is 18.9 Å². The maximum atomic E-state index is 3.96. The van der Waals surface area contributed by atoms with Crippen molar-refractivity contribution in [3.8, 4) is 0 Å². The molecule has 0 fully saturated rings. The number of aliphatic imine (C=N–C) groups is 1. The number of nitrogens with zero attached hydrogens (tertiary/aromatic N) is 4. The number of rotatable bonds is 2. The maximum absolute atomic E-state index is 3.96. The molecule has 2 rings (SSSR count). The van der Waals surface area contributed by atoms with Crippen molar-refractivity contribution in [2.24, 2.45) is 4.99 Å². The zero-order chi connectivity index (χ0) is 8.39. The molecule has 0 radical (unpaired) electrons. The number of hydrogen-bond acceptors (Lipinski definition) is 3. The molecule has 2 aromatic rings. The van der Waals surface area contributed by atoms with Crippen molar-refractivity contribution in [2.75, 3.05) is 0 Å². The molecule has 0 saturated heterocycles. The summed E-state index contributed by atoms with van der Waals surface area (Å²) in [5.41, 5.74) is 1.88. The highest BCUT2D eigenvalue weighted by atomic mass is 15.4. The first kappa shape index (κ1) is 6.97. The van der Waals surface area contributed by atoms with Gasteiger partial charge in [0, 0.05) is 0 Å². The molecule has 0 aliphatic heterocycles. The number of fused-ring (bicyclic) bond motifs is 1. The Balaban J connectivity index is 2.62. The van der Waals surface area contributed by atoms with Crippen LogP contribution in [0, 0.1) is 0 Å². The van der Waals surface area contributed by atoms with Crippen LogP contribution in [0.5, 0.6) is 0 Å². The molecule has 4 nitrogen and oxygen atoms in total. The number of para-hydroxylation sites is 1. The molecular weight excluding hydrogens is 152 g/mol. The lowest BCUT2D eigenvalue weighted by Gasteiger charge is -1.93. The second-order valence-electron chi connectivity index (χ2n) is 2.44. The summed E-state index contributed by atoms with van der Waals surface area (Å²) in [6.45, 7) is 3.86. The van der Waals surface area contributed by atoms with E-state index in [0.717, 1.165) is 11.0 Å². The zero-order valence-corrected chi connectivity index (χ0v) is 6.51. The third-order valence-electron chi connectivity index (χ3n) is 1.65. The van der Waals surface area contributed by atoms with Crippen molar-refractivity contribution in [2.45, 2.75) is 6.67 Å². The van der Waals surface area contributed by atoms with Crippen molar-refractivity contribution >= 4 is 17.8 Å². The van der Waals surface area contributed by atoms with Gasteiger partial charge in [-0.1, -0.05) is 17.3 Å². The normalized spacial score (nSPS) is 10.3. The smallest absolute Gasteiger partial charge is 0.132 e. The van der Waals surface area contributed by atoms with Crippen LogP contribution in [0.1, 0.15) is 0 Å². The molecule has 0 unspecified atom stereocenters. The van der Waals surface area contributed by atoms with Gasteiger partial charge in [0.2, 0.25) is 0 Å². The molecule has 1 aromatic carbocycles. The van der Waals surface area contributed by atoms with E-state index < -0.39 is 0 Å². The molecule has 0 bridgehead atoms. The molecule has 0 aliphatic rings. The quantitative estimate of drug-likeness (QED) is 0.617. The first-order valence-corrected chi connectivity index (χ1v) is 3.62. The van der Waals surface area contributed by atoms with Gasteiger partial charge in [-0.3, -0.25) is 4.99 Å². The molecule has 0 amide bonds. The van der Waals surface area contributed by atoms with Crippen molar-refractivity contribution in [3.05, 3.63) is 24.3 Å². The van der Waals surface area contributed by atoms with Gasteiger partial charge in [-0.15, -0.1) is 5.10 Å². The lowest BCUT2D eigenvalue weighted by Crippen LogP contribution is -1.96. The molecule has 12 heavy (non-hydrogen) atoms. The number of aromatic nitrogens is 3. The summed E-state index contributed by atoms with van der Waals surface area (Å²) in [6, 6.07) is 7.76. The summed E-state index contributed by atoms with van der Waals surface area (Å²) < 4.78 is 1.71. The molecule has 0 saturated carbocycles. The van der Waals surface area contributed by atoms with Crippen molar-refractivity contribution in [1.29, 1.82) is 0 Å². The van der Waals surface area contributed by atoms with Crippen LogP contribution in [0.3, 0.4) is 0 Å². The third kappa shape index (κ3) is 0.972. The first-order chi connectivity index (χ1) is 5.92. The van der Waals surface area contributed by atoms with Crippen LogP contribution < -0.4 is 0 Å². The largest absolute Gasteiger partial charge is 0.277 e. The summed E-state index contributed by atoms with van der Waals surface area (Å²) >= 11 is 0. The van der Waals surface area contributed by atoms with E-state index in [4.69, 9.17) is 0 Å². The topological polar surface area (TPSA) is 43.1 Å². The first-order valence-electron chi connectivity index (χ1n) is 3.62. The van der Waals surface area contributed by atoms with E-state index in [1.165, 1.54) is 0 Å². The second kappa shape index (κ2) is 2.73. The van der Waals surface area contributed by atoms with Crippen LogP contribution in [0.4, 0.5) is 0 Å². The Labute approximate surface area is 69.5 Å². The fraction of sp³-hybridized carbons (Fsp3) is 0.125. The van der Waals surface area contributed by atoms with Gasteiger partial charge in [-0.25, -0.2) is 4.68 Å². The van der Waals surface area contributed by atoms with E-state index in [9.17, 15) is 0 Å². The van der Waals surface area contributed by atoms with Gasteiger partial charge < -0.3 is 0 Å². The maximum Gasteiger partial charge on any atom is 0.132 e. The molecular formula is C8H8N4. The second-order valence-corrected chi connectivity index (χ2v) is 2.44. The van der Waals surface area contributed by atoms with Crippen LogP contribution in [-0.4, -0.2) is 21.7 Å². The summed E-state index contributed by atoms with van der Waals surface area (Å²) in [6.07, 6.45) is 0. The summed E-state index contributed by atoms with van der Waals surface area (Å²) in [4.78, 5) is 3.74. The average molecular weight is 160 g/mol. The molecule has 1 heterocycles. The van der Waals surface area contributed by atoms with E-state index in [1.807, 2.05) is 24.3 Å². The molecule has 60 valence electrons. The molecule has 1 aromatic heterocycles. The molecule has 0 atom stereocenters.